The van der Waals surface area contributed by atoms with Crippen molar-refractivity contribution >= 4 is 5.97 Å². The number of hydrogen-bond acceptors (Lipinski definition) is 1. The molecule has 110 valence electrons. The zero-order valence-corrected chi connectivity index (χ0v) is 11.7. The fourth-order valence-electron chi connectivity index (χ4n) is 3.31. The lowest BCUT2D eigenvalue weighted by atomic mass is 9.66. The molecule has 1 fully saturated rings. The van der Waals surface area contributed by atoms with Gasteiger partial charge in [0.05, 0.1) is 5.41 Å². The van der Waals surface area contributed by atoms with E-state index >= 15 is 0 Å². The molecule has 0 aliphatic heterocycles. The van der Waals surface area contributed by atoms with Gasteiger partial charge in [0.25, 0.3) is 0 Å². The molecule has 0 heterocycles. The summed E-state index contributed by atoms with van der Waals surface area (Å²) in [6, 6.07) is 3.98. The lowest BCUT2D eigenvalue weighted by molar-refractivity contribution is -0.152. The highest BCUT2D eigenvalue weighted by Crippen LogP contribution is 2.43. The number of carbonyl (C=O) groups is 1. The third-order valence-corrected chi connectivity index (χ3v) is 4.54. The molecule has 2 unspecified atom stereocenters. The SMILES string of the molecule is CCC1CCCC(Cc2cccc(F)c2F)(C(=O)O)C1. The second kappa shape index (κ2) is 5.90. The molecule has 1 N–H and O–H groups in total. The summed E-state index contributed by atoms with van der Waals surface area (Å²) >= 11 is 0. The summed E-state index contributed by atoms with van der Waals surface area (Å²) in [4.78, 5) is 11.7. The van der Waals surface area contributed by atoms with Crippen LogP contribution in [-0.4, -0.2) is 11.1 Å². The molecule has 0 aromatic heterocycles. The Labute approximate surface area is 117 Å². The summed E-state index contributed by atoms with van der Waals surface area (Å²) in [6.45, 7) is 2.05. The maximum Gasteiger partial charge on any atom is 0.309 e. The number of halogens is 2. The van der Waals surface area contributed by atoms with Crippen molar-refractivity contribution in [3.63, 3.8) is 0 Å². The second-order valence-corrected chi connectivity index (χ2v) is 5.85. The maximum absolute atomic E-state index is 13.8. The van der Waals surface area contributed by atoms with Crippen molar-refractivity contribution in [3.05, 3.63) is 35.4 Å². The summed E-state index contributed by atoms with van der Waals surface area (Å²) in [5.74, 6) is -2.35. The first-order valence-electron chi connectivity index (χ1n) is 7.15. The van der Waals surface area contributed by atoms with Crippen molar-refractivity contribution in [2.75, 3.05) is 0 Å². The maximum atomic E-state index is 13.8. The Kier molecular flexibility index (Phi) is 4.41. The van der Waals surface area contributed by atoms with Gasteiger partial charge < -0.3 is 5.11 Å². The lowest BCUT2D eigenvalue weighted by Gasteiger charge is -2.37. The highest BCUT2D eigenvalue weighted by molar-refractivity contribution is 5.75. The van der Waals surface area contributed by atoms with Crippen LogP contribution in [0.15, 0.2) is 18.2 Å². The highest BCUT2D eigenvalue weighted by atomic mass is 19.2. The van der Waals surface area contributed by atoms with Crippen LogP contribution in [0.2, 0.25) is 0 Å². The van der Waals surface area contributed by atoms with E-state index in [2.05, 4.69) is 0 Å². The van der Waals surface area contributed by atoms with E-state index in [1.54, 1.807) is 0 Å². The van der Waals surface area contributed by atoms with Gasteiger partial charge in [-0.25, -0.2) is 8.78 Å². The van der Waals surface area contributed by atoms with E-state index in [0.717, 1.165) is 25.3 Å². The molecular formula is C16H20F2O2. The quantitative estimate of drug-likeness (QED) is 0.899. The van der Waals surface area contributed by atoms with Gasteiger partial charge in [0, 0.05) is 0 Å². The number of benzene rings is 1. The third kappa shape index (κ3) is 2.84. The molecule has 1 aliphatic rings. The molecule has 2 nitrogen and oxygen atoms in total. The molecular weight excluding hydrogens is 262 g/mol. The van der Waals surface area contributed by atoms with E-state index in [-0.39, 0.29) is 12.0 Å². The monoisotopic (exact) mass is 282 g/mol. The molecule has 0 bridgehead atoms. The summed E-state index contributed by atoms with van der Waals surface area (Å²) in [6.07, 6.45) is 3.95. The van der Waals surface area contributed by atoms with Crippen molar-refractivity contribution in [2.24, 2.45) is 11.3 Å². The second-order valence-electron chi connectivity index (χ2n) is 5.85. The molecule has 2 rings (SSSR count). The summed E-state index contributed by atoms with van der Waals surface area (Å²) in [7, 11) is 0. The number of carboxylic acid groups (broad SMARTS) is 1. The van der Waals surface area contributed by atoms with Crippen molar-refractivity contribution in [3.8, 4) is 0 Å². The van der Waals surface area contributed by atoms with Crippen LogP contribution in [0, 0.1) is 23.0 Å². The average Bonchev–Trinajstić information content (AvgIpc) is 2.44. The van der Waals surface area contributed by atoms with E-state index < -0.39 is 23.0 Å². The summed E-state index contributed by atoms with van der Waals surface area (Å²) in [5.41, 5.74) is -0.780. The normalized spacial score (nSPS) is 26.4. The first kappa shape index (κ1) is 14.9. The van der Waals surface area contributed by atoms with Crippen LogP contribution < -0.4 is 0 Å². The van der Waals surface area contributed by atoms with Crippen LogP contribution in [0.1, 0.15) is 44.6 Å². The highest BCUT2D eigenvalue weighted by Gasteiger charge is 2.43. The topological polar surface area (TPSA) is 37.3 Å². The van der Waals surface area contributed by atoms with Gasteiger partial charge >= 0.3 is 5.97 Å². The molecule has 1 aromatic rings. The average molecular weight is 282 g/mol. The Morgan fingerprint density at radius 1 is 1.45 bits per heavy atom. The van der Waals surface area contributed by atoms with E-state index in [9.17, 15) is 18.7 Å². The predicted octanol–water partition coefficient (Wildman–Crippen LogP) is 4.18. The zero-order valence-electron chi connectivity index (χ0n) is 11.7. The molecule has 0 radical (unpaired) electrons. The van der Waals surface area contributed by atoms with Gasteiger partial charge in [-0.3, -0.25) is 4.79 Å². The Hall–Kier alpha value is -1.45. The molecule has 1 aromatic carbocycles. The van der Waals surface area contributed by atoms with Gasteiger partial charge in [-0.2, -0.15) is 0 Å². The first-order valence-corrected chi connectivity index (χ1v) is 7.15. The third-order valence-electron chi connectivity index (χ3n) is 4.54. The van der Waals surface area contributed by atoms with Crippen LogP contribution in [0.4, 0.5) is 8.78 Å². The van der Waals surface area contributed by atoms with Crippen LogP contribution in [0.3, 0.4) is 0 Å². The van der Waals surface area contributed by atoms with Gasteiger partial charge in [-0.15, -0.1) is 0 Å². The molecule has 4 heteroatoms. The van der Waals surface area contributed by atoms with Gasteiger partial charge in [0.1, 0.15) is 0 Å². The molecule has 1 aliphatic carbocycles. The molecule has 0 spiro atoms. The standard InChI is InChI=1S/C16H20F2O2/c1-2-11-5-4-8-16(9-11,15(19)20)10-12-6-3-7-13(17)14(12)18/h3,6-7,11H,2,4-5,8-10H2,1H3,(H,19,20). The van der Waals surface area contributed by atoms with Crippen molar-refractivity contribution < 1.29 is 18.7 Å². The minimum Gasteiger partial charge on any atom is -0.481 e. The van der Waals surface area contributed by atoms with Gasteiger partial charge in [0.2, 0.25) is 0 Å². The minimum absolute atomic E-state index is 0.0719. The molecule has 2 atom stereocenters. The Balaban J connectivity index is 2.30. The predicted molar refractivity (Wildman–Crippen MR) is 72.4 cm³/mol. The molecule has 20 heavy (non-hydrogen) atoms. The zero-order chi connectivity index (χ0) is 14.8. The lowest BCUT2D eigenvalue weighted by Crippen LogP contribution is -2.38. The largest absolute Gasteiger partial charge is 0.481 e. The van der Waals surface area contributed by atoms with Crippen LogP contribution in [-0.2, 0) is 11.2 Å². The Morgan fingerprint density at radius 3 is 2.85 bits per heavy atom. The fourth-order valence-corrected chi connectivity index (χ4v) is 3.31. The van der Waals surface area contributed by atoms with E-state index in [4.69, 9.17) is 0 Å². The van der Waals surface area contributed by atoms with Gasteiger partial charge in [-0.05, 0) is 36.8 Å². The summed E-state index contributed by atoms with van der Waals surface area (Å²) < 4.78 is 27.1. The first-order chi connectivity index (χ1) is 9.48. The van der Waals surface area contributed by atoms with E-state index in [0.29, 0.717) is 18.8 Å². The number of hydrogen-bond donors (Lipinski definition) is 1. The molecule has 0 amide bonds. The van der Waals surface area contributed by atoms with Crippen molar-refractivity contribution in [1.82, 2.24) is 0 Å². The van der Waals surface area contributed by atoms with Crippen molar-refractivity contribution in [1.29, 1.82) is 0 Å². The Morgan fingerprint density at radius 2 is 2.20 bits per heavy atom. The summed E-state index contributed by atoms with van der Waals surface area (Å²) in [5, 5.41) is 9.61. The van der Waals surface area contributed by atoms with Crippen molar-refractivity contribution in [2.45, 2.75) is 45.4 Å². The van der Waals surface area contributed by atoms with E-state index in [1.165, 1.54) is 12.1 Å². The number of rotatable bonds is 4. The minimum atomic E-state index is -0.951. The fraction of sp³-hybridized carbons (Fsp3) is 0.562. The number of carboxylic acids is 1. The van der Waals surface area contributed by atoms with Crippen LogP contribution >= 0.6 is 0 Å². The van der Waals surface area contributed by atoms with Crippen LogP contribution in [0.25, 0.3) is 0 Å². The molecule has 0 saturated heterocycles. The van der Waals surface area contributed by atoms with Crippen LogP contribution in [0.5, 0.6) is 0 Å². The smallest absolute Gasteiger partial charge is 0.309 e. The van der Waals surface area contributed by atoms with Gasteiger partial charge in [0.15, 0.2) is 11.6 Å². The van der Waals surface area contributed by atoms with Gasteiger partial charge in [-0.1, -0.05) is 38.3 Å². The Bertz CT molecular complexity index is 501. The van der Waals surface area contributed by atoms with E-state index in [1.807, 2.05) is 6.92 Å². The number of aliphatic carboxylic acids is 1. The molecule has 1 saturated carbocycles.